The fourth-order valence-corrected chi connectivity index (χ4v) is 4.59. The quantitative estimate of drug-likeness (QED) is 0.846. The minimum absolute atomic E-state index is 0.391. The minimum Gasteiger partial charge on any atom is -0.309 e. The highest BCUT2D eigenvalue weighted by molar-refractivity contribution is 9.10. The molecule has 0 spiro atoms. The molecule has 2 unspecified atom stereocenters. The molecule has 2 aromatic rings. The summed E-state index contributed by atoms with van der Waals surface area (Å²) in [4.78, 5) is 6.07. The van der Waals surface area contributed by atoms with Crippen molar-refractivity contribution in [3.8, 4) is 0 Å². The first-order valence-corrected chi connectivity index (χ1v) is 8.88. The van der Waals surface area contributed by atoms with Gasteiger partial charge in [0.25, 0.3) is 0 Å². The average Bonchev–Trinajstić information content (AvgIpc) is 3.07. The first kappa shape index (κ1) is 14.2. The Morgan fingerprint density at radius 3 is 3.20 bits per heavy atom. The summed E-state index contributed by atoms with van der Waals surface area (Å²) < 4.78 is 1.18. The van der Waals surface area contributed by atoms with Crippen LogP contribution in [0, 0.1) is 0 Å². The molecule has 0 fully saturated rings. The van der Waals surface area contributed by atoms with Gasteiger partial charge in [-0.05, 0) is 59.4 Å². The van der Waals surface area contributed by atoms with Crippen LogP contribution in [-0.2, 0) is 6.42 Å². The van der Waals surface area contributed by atoms with Crippen molar-refractivity contribution in [1.29, 1.82) is 0 Å². The van der Waals surface area contributed by atoms with Crippen molar-refractivity contribution in [3.63, 3.8) is 0 Å². The molecule has 1 aliphatic rings. The van der Waals surface area contributed by atoms with Gasteiger partial charge in [0.15, 0.2) is 0 Å². The maximum atomic E-state index is 4.65. The van der Waals surface area contributed by atoms with Crippen LogP contribution >= 0.6 is 27.3 Å². The summed E-state index contributed by atoms with van der Waals surface area (Å²) in [7, 11) is 0. The van der Waals surface area contributed by atoms with E-state index in [9.17, 15) is 0 Å². The molecule has 0 saturated heterocycles. The van der Waals surface area contributed by atoms with Crippen molar-refractivity contribution in [3.05, 3.63) is 50.4 Å². The summed E-state index contributed by atoms with van der Waals surface area (Å²) >= 11 is 5.41. The number of thiophene rings is 1. The number of nitrogens with one attached hydrogen (secondary N) is 1. The van der Waals surface area contributed by atoms with E-state index in [2.05, 4.69) is 56.7 Å². The van der Waals surface area contributed by atoms with E-state index in [1.165, 1.54) is 27.0 Å². The Labute approximate surface area is 132 Å². The van der Waals surface area contributed by atoms with Gasteiger partial charge in [-0.15, -0.1) is 11.3 Å². The van der Waals surface area contributed by atoms with Crippen LogP contribution < -0.4 is 5.32 Å². The minimum atomic E-state index is 0.391. The fraction of sp³-hybridized carbons (Fsp3) is 0.438. The SMILES string of the molecule is CCCNC(c1cc(Br)cs1)C1CCc2cccnc21. The lowest BCUT2D eigenvalue weighted by Gasteiger charge is -2.24. The smallest absolute Gasteiger partial charge is 0.0500 e. The summed E-state index contributed by atoms with van der Waals surface area (Å²) in [6, 6.07) is 6.92. The number of hydrogen-bond donors (Lipinski definition) is 1. The van der Waals surface area contributed by atoms with Crippen LogP contribution in [0.1, 0.15) is 47.9 Å². The second-order valence-electron chi connectivity index (χ2n) is 5.29. The second-order valence-corrected chi connectivity index (χ2v) is 7.15. The molecule has 0 radical (unpaired) electrons. The molecule has 20 heavy (non-hydrogen) atoms. The van der Waals surface area contributed by atoms with Crippen LogP contribution in [0.4, 0.5) is 0 Å². The maximum Gasteiger partial charge on any atom is 0.0500 e. The van der Waals surface area contributed by atoms with Gasteiger partial charge in [0.2, 0.25) is 0 Å². The Morgan fingerprint density at radius 1 is 1.55 bits per heavy atom. The number of pyridine rings is 1. The lowest BCUT2D eigenvalue weighted by Crippen LogP contribution is -2.26. The van der Waals surface area contributed by atoms with E-state index < -0.39 is 0 Å². The van der Waals surface area contributed by atoms with Crippen LogP contribution in [-0.4, -0.2) is 11.5 Å². The molecule has 0 bridgehead atoms. The third-order valence-electron chi connectivity index (χ3n) is 3.91. The molecule has 1 N–H and O–H groups in total. The number of aromatic nitrogens is 1. The molecule has 2 nitrogen and oxygen atoms in total. The lowest BCUT2D eigenvalue weighted by molar-refractivity contribution is 0.443. The molecule has 0 aliphatic heterocycles. The monoisotopic (exact) mass is 350 g/mol. The van der Waals surface area contributed by atoms with Gasteiger partial charge in [0.1, 0.15) is 0 Å². The summed E-state index contributed by atoms with van der Waals surface area (Å²) in [5, 5.41) is 5.90. The third kappa shape index (κ3) is 2.83. The van der Waals surface area contributed by atoms with Crippen molar-refractivity contribution < 1.29 is 0 Å². The molecule has 2 atom stereocenters. The van der Waals surface area contributed by atoms with E-state index in [1.54, 1.807) is 0 Å². The van der Waals surface area contributed by atoms with Gasteiger partial charge in [0.05, 0.1) is 0 Å². The third-order valence-corrected chi connectivity index (χ3v) is 5.69. The van der Waals surface area contributed by atoms with E-state index in [0.717, 1.165) is 19.4 Å². The van der Waals surface area contributed by atoms with Crippen LogP contribution in [0.15, 0.2) is 34.2 Å². The Balaban J connectivity index is 1.90. The zero-order valence-corrected chi connectivity index (χ0v) is 14.0. The van der Waals surface area contributed by atoms with Crippen LogP contribution in [0.25, 0.3) is 0 Å². The molecule has 2 heterocycles. The zero-order valence-electron chi connectivity index (χ0n) is 11.6. The Kier molecular flexibility index (Phi) is 4.54. The molecule has 0 saturated carbocycles. The van der Waals surface area contributed by atoms with Crippen LogP contribution in [0.2, 0.25) is 0 Å². The molecule has 0 aromatic carbocycles. The summed E-state index contributed by atoms with van der Waals surface area (Å²) in [5.74, 6) is 0.503. The second kappa shape index (κ2) is 6.37. The predicted molar refractivity (Wildman–Crippen MR) is 88.4 cm³/mol. The average molecular weight is 351 g/mol. The number of nitrogens with zero attached hydrogens (tertiary/aromatic N) is 1. The number of fused-ring (bicyclic) bond motifs is 1. The zero-order chi connectivity index (χ0) is 13.9. The van der Waals surface area contributed by atoms with E-state index >= 15 is 0 Å². The van der Waals surface area contributed by atoms with Gasteiger partial charge in [-0.3, -0.25) is 4.98 Å². The summed E-state index contributed by atoms with van der Waals surface area (Å²) in [6.07, 6.45) is 5.44. The highest BCUT2D eigenvalue weighted by Crippen LogP contribution is 2.42. The molecule has 2 aromatic heterocycles. The topological polar surface area (TPSA) is 24.9 Å². The Hall–Kier alpha value is -0.710. The molecule has 1 aliphatic carbocycles. The highest BCUT2D eigenvalue weighted by atomic mass is 79.9. The standard InChI is InChI=1S/C16H19BrN2S/c1-2-7-18-16(14-9-12(17)10-20-14)13-6-5-11-4-3-8-19-15(11)13/h3-4,8-10,13,16,18H,2,5-7H2,1H3. The van der Waals surface area contributed by atoms with Gasteiger partial charge in [-0.25, -0.2) is 0 Å². The molecule has 106 valence electrons. The Morgan fingerprint density at radius 2 is 2.45 bits per heavy atom. The number of hydrogen-bond acceptors (Lipinski definition) is 3. The fourth-order valence-electron chi connectivity index (χ4n) is 3.00. The van der Waals surface area contributed by atoms with E-state index in [4.69, 9.17) is 0 Å². The number of aryl methyl sites for hydroxylation is 1. The first-order chi connectivity index (χ1) is 9.79. The lowest BCUT2D eigenvalue weighted by atomic mass is 9.95. The van der Waals surface area contributed by atoms with E-state index in [-0.39, 0.29) is 0 Å². The van der Waals surface area contributed by atoms with Gasteiger partial charge >= 0.3 is 0 Å². The van der Waals surface area contributed by atoms with Crippen molar-refractivity contribution in [2.24, 2.45) is 0 Å². The number of halogens is 1. The van der Waals surface area contributed by atoms with Crippen molar-refractivity contribution in [1.82, 2.24) is 10.3 Å². The van der Waals surface area contributed by atoms with Gasteiger partial charge in [-0.1, -0.05) is 13.0 Å². The largest absolute Gasteiger partial charge is 0.309 e. The van der Waals surface area contributed by atoms with Crippen molar-refractivity contribution >= 4 is 27.3 Å². The van der Waals surface area contributed by atoms with Crippen molar-refractivity contribution in [2.45, 2.75) is 38.1 Å². The van der Waals surface area contributed by atoms with Crippen LogP contribution in [0.3, 0.4) is 0 Å². The highest BCUT2D eigenvalue weighted by Gasteiger charge is 2.32. The number of rotatable bonds is 5. The van der Waals surface area contributed by atoms with E-state index in [1.807, 2.05) is 17.5 Å². The van der Waals surface area contributed by atoms with Gasteiger partial charge in [-0.2, -0.15) is 0 Å². The molecule has 0 amide bonds. The predicted octanol–water partition coefficient (Wildman–Crippen LogP) is 4.68. The van der Waals surface area contributed by atoms with E-state index in [0.29, 0.717) is 12.0 Å². The molecule has 4 heteroatoms. The summed E-state index contributed by atoms with van der Waals surface area (Å²) in [5.41, 5.74) is 2.72. The van der Waals surface area contributed by atoms with Gasteiger partial charge in [0, 0.05) is 38.6 Å². The maximum absolute atomic E-state index is 4.65. The van der Waals surface area contributed by atoms with Crippen LogP contribution in [0.5, 0.6) is 0 Å². The summed E-state index contributed by atoms with van der Waals surface area (Å²) in [6.45, 7) is 3.27. The van der Waals surface area contributed by atoms with Crippen molar-refractivity contribution in [2.75, 3.05) is 6.54 Å². The first-order valence-electron chi connectivity index (χ1n) is 7.20. The molecule has 3 rings (SSSR count). The molecular weight excluding hydrogens is 332 g/mol. The van der Waals surface area contributed by atoms with Gasteiger partial charge < -0.3 is 5.32 Å². The molecular formula is C16H19BrN2S. The Bertz CT molecular complexity index is 581. The normalized spacial score (nSPS) is 19.0.